The normalized spacial score (nSPS) is 22.0. The molecule has 5 rings (SSSR count). The molecule has 0 spiro atoms. The minimum Gasteiger partial charge on any atom is -0.386 e. The number of aromatic nitrogens is 2. The second-order valence-electron chi connectivity index (χ2n) is 8.53. The van der Waals surface area contributed by atoms with Crippen LogP contribution in [0.15, 0.2) is 24.4 Å². The van der Waals surface area contributed by atoms with Gasteiger partial charge in [0.1, 0.15) is 5.15 Å². The number of pyridine rings is 2. The molecule has 0 aromatic carbocycles. The molecule has 2 aliphatic rings. The van der Waals surface area contributed by atoms with Gasteiger partial charge in [0, 0.05) is 29.2 Å². The highest BCUT2D eigenvalue weighted by atomic mass is 35.5. The average molecular weight is 441 g/mol. The van der Waals surface area contributed by atoms with Crippen molar-refractivity contribution in [3.63, 3.8) is 0 Å². The standard InChI is InChI=1S/C22H21ClN4O2S/c1-10-18(24-4)13(8-15(23)26-10)12-5-6-25-14-7-11(30-19(12)14)9-27-20(28)16-17(21(27)29)22(16,2)3/h5-8,16-17,24H,9H2,1-4H3. The van der Waals surface area contributed by atoms with E-state index in [-0.39, 0.29) is 29.1 Å². The van der Waals surface area contributed by atoms with Gasteiger partial charge in [-0.25, -0.2) is 4.98 Å². The monoisotopic (exact) mass is 440 g/mol. The fourth-order valence-corrected chi connectivity index (χ4v) is 6.12. The lowest BCUT2D eigenvalue weighted by molar-refractivity contribution is -0.143. The summed E-state index contributed by atoms with van der Waals surface area (Å²) >= 11 is 7.80. The van der Waals surface area contributed by atoms with Crippen LogP contribution >= 0.6 is 22.9 Å². The van der Waals surface area contributed by atoms with Gasteiger partial charge in [-0.2, -0.15) is 0 Å². The van der Waals surface area contributed by atoms with Crippen LogP contribution in [0.4, 0.5) is 5.69 Å². The van der Waals surface area contributed by atoms with Gasteiger partial charge in [-0.15, -0.1) is 11.3 Å². The number of halogens is 1. The number of carbonyl (C=O) groups excluding carboxylic acids is 2. The first-order valence-electron chi connectivity index (χ1n) is 9.82. The van der Waals surface area contributed by atoms with E-state index in [4.69, 9.17) is 11.6 Å². The molecule has 1 saturated heterocycles. The van der Waals surface area contributed by atoms with Gasteiger partial charge in [-0.1, -0.05) is 25.4 Å². The summed E-state index contributed by atoms with van der Waals surface area (Å²) in [6.45, 7) is 6.20. The molecule has 0 bridgehead atoms. The Morgan fingerprint density at radius 1 is 1.20 bits per heavy atom. The summed E-state index contributed by atoms with van der Waals surface area (Å²) in [6, 6.07) is 5.77. The van der Waals surface area contributed by atoms with Crippen LogP contribution in [0.25, 0.3) is 21.3 Å². The molecule has 0 radical (unpaired) electrons. The van der Waals surface area contributed by atoms with Gasteiger partial charge >= 0.3 is 0 Å². The van der Waals surface area contributed by atoms with Gasteiger partial charge in [-0.05, 0) is 30.5 Å². The number of amides is 2. The molecule has 3 aromatic rings. The molecular formula is C22H21ClN4O2S. The Bertz CT molecular complexity index is 1210. The first-order valence-corrected chi connectivity index (χ1v) is 11.0. The third-order valence-corrected chi connectivity index (χ3v) is 7.71. The van der Waals surface area contributed by atoms with Crippen LogP contribution in [0.2, 0.25) is 5.15 Å². The van der Waals surface area contributed by atoms with Crippen LogP contribution in [-0.4, -0.2) is 33.7 Å². The van der Waals surface area contributed by atoms with Crippen molar-refractivity contribution in [3.8, 4) is 11.1 Å². The first kappa shape index (κ1) is 19.5. The largest absolute Gasteiger partial charge is 0.386 e. The van der Waals surface area contributed by atoms with Gasteiger partial charge < -0.3 is 5.32 Å². The number of nitrogens with one attached hydrogen (secondary N) is 1. The third-order valence-electron chi connectivity index (χ3n) is 6.38. The van der Waals surface area contributed by atoms with Crippen molar-refractivity contribution in [2.45, 2.75) is 27.3 Å². The van der Waals surface area contributed by atoms with Gasteiger partial charge in [0.15, 0.2) is 0 Å². The molecule has 2 unspecified atom stereocenters. The summed E-state index contributed by atoms with van der Waals surface area (Å²) in [5, 5.41) is 3.64. The topological polar surface area (TPSA) is 75.2 Å². The van der Waals surface area contributed by atoms with E-state index in [0.717, 1.165) is 37.6 Å². The van der Waals surface area contributed by atoms with Crippen LogP contribution in [0.1, 0.15) is 24.4 Å². The Morgan fingerprint density at radius 2 is 1.90 bits per heavy atom. The molecule has 30 heavy (non-hydrogen) atoms. The summed E-state index contributed by atoms with van der Waals surface area (Å²) in [6.07, 6.45) is 1.77. The number of imide groups is 1. The first-order chi connectivity index (χ1) is 14.2. The summed E-state index contributed by atoms with van der Waals surface area (Å²) in [5.74, 6) is -0.411. The van der Waals surface area contributed by atoms with Gasteiger partial charge in [0.25, 0.3) is 0 Å². The minimum atomic E-state index is -0.193. The Labute approximate surface area is 183 Å². The van der Waals surface area contributed by atoms with Crippen LogP contribution in [0, 0.1) is 24.2 Å². The SMILES string of the molecule is CNc1c(-c2ccnc3cc(CN4C(=O)C5C(C4=O)C5(C)C)sc23)cc(Cl)nc1C. The number of hydrogen-bond acceptors (Lipinski definition) is 6. The van der Waals surface area contributed by atoms with E-state index in [1.807, 2.05) is 46.0 Å². The Morgan fingerprint density at radius 3 is 2.57 bits per heavy atom. The summed E-state index contributed by atoms with van der Waals surface area (Å²) in [4.78, 5) is 36.6. The zero-order valence-corrected chi connectivity index (χ0v) is 18.7. The Balaban J connectivity index is 1.53. The lowest BCUT2D eigenvalue weighted by Gasteiger charge is -2.19. The maximum absolute atomic E-state index is 12.7. The number of fused-ring (bicyclic) bond motifs is 2. The number of aryl methyl sites for hydroxylation is 1. The highest BCUT2D eigenvalue weighted by molar-refractivity contribution is 7.19. The zero-order valence-electron chi connectivity index (χ0n) is 17.1. The maximum atomic E-state index is 12.7. The van der Waals surface area contributed by atoms with Crippen molar-refractivity contribution in [3.05, 3.63) is 40.1 Å². The Kier molecular flexibility index (Phi) is 4.21. The van der Waals surface area contributed by atoms with Crippen molar-refractivity contribution >= 4 is 50.7 Å². The number of piperidine rings is 1. The molecule has 1 N–H and O–H groups in total. The van der Waals surface area contributed by atoms with Crippen molar-refractivity contribution in [2.24, 2.45) is 17.3 Å². The number of likely N-dealkylation sites (tertiary alicyclic amines) is 1. The predicted molar refractivity (Wildman–Crippen MR) is 118 cm³/mol. The molecule has 3 aromatic heterocycles. The van der Waals surface area contributed by atoms with Gasteiger partial charge in [0.05, 0.1) is 40.0 Å². The second-order valence-corrected chi connectivity index (χ2v) is 10.1. The van der Waals surface area contributed by atoms with Crippen LogP contribution in [0.3, 0.4) is 0 Å². The maximum Gasteiger partial charge on any atom is 0.234 e. The quantitative estimate of drug-likeness (QED) is 0.477. The van der Waals surface area contributed by atoms with E-state index in [1.165, 1.54) is 4.90 Å². The molecule has 6 nitrogen and oxygen atoms in total. The molecule has 1 aliphatic carbocycles. The molecule has 154 valence electrons. The van der Waals surface area contributed by atoms with Crippen molar-refractivity contribution in [1.82, 2.24) is 14.9 Å². The van der Waals surface area contributed by atoms with Crippen molar-refractivity contribution < 1.29 is 9.59 Å². The van der Waals surface area contributed by atoms with Crippen LogP contribution in [0.5, 0.6) is 0 Å². The molecule has 2 fully saturated rings. The summed E-state index contributed by atoms with van der Waals surface area (Å²) in [7, 11) is 1.86. The lowest BCUT2D eigenvalue weighted by atomic mass is 10.0. The van der Waals surface area contributed by atoms with E-state index in [2.05, 4.69) is 15.3 Å². The van der Waals surface area contributed by atoms with Crippen LogP contribution in [-0.2, 0) is 16.1 Å². The number of carbonyl (C=O) groups is 2. The number of rotatable bonds is 4. The van der Waals surface area contributed by atoms with E-state index in [0.29, 0.717) is 11.7 Å². The van der Waals surface area contributed by atoms with Crippen LogP contribution < -0.4 is 5.32 Å². The minimum absolute atomic E-state index is 0.0466. The summed E-state index contributed by atoms with van der Waals surface area (Å²) in [5.41, 5.74) is 4.32. The predicted octanol–water partition coefficient (Wildman–Crippen LogP) is 4.50. The van der Waals surface area contributed by atoms with Gasteiger partial charge in [0.2, 0.25) is 11.8 Å². The second kappa shape index (κ2) is 6.49. The van der Waals surface area contributed by atoms with E-state index < -0.39 is 0 Å². The number of thiophene rings is 1. The molecule has 8 heteroatoms. The van der Waals surface area contributed by atoms with Gasteiger partial charge in [-0.3, -0.25) is 19.5 Å². The van der Waals surface area contributed by atoms with E-state index in [9.17, 15) is 9.59 Å². The van der Waals surface area contributed by atoms with E-state index >= 15 is 0 Å². The fraction of sp³-hybridized carbons (Fsp3) is 0.364. The fourth-order valence-electron chi connectivity index (χ4n) is 4.76. The average Bonchev–Trinajstić information content (AvgIpc) is 2.95. The molecule has 4 heterocycles. The van der Waals surface area contributed by atoms with Crippen molar-refractivity contribution in [1.29, 1.82) is 0 Å². The zero-order chi connectivity index (χ0) is 21.4. The summed E-state index contributed by atoms with van der Waals surface area (Å²) < 4.78 is 0.996. The molecule has 2 amide bonds. The smallest absolute Gasteiger partial charge is 0.234 e. The van der Waals surface area contributed by atoms with E-state index in [1.54, 1.807) is 17.5 Å². The number of anilines is 1. The molecule has 1 aliphatic heterocycles. The number of nitrogens with zero attached hydrogens (tertiary/aromatic N) is 3. The molecule has 2 atom stereocenters. The highest BCUT2D eigenvalue weighted by Gasteiger charge is 2.72. The third kappa shape index (κ3) is 2.68. The highest BCUT2D eigenvalue weighted by Crippen LogP contribution is 2.63. The molecule has 1 saturated carbocycles. The lowest BCUT2D eigenvalue weighted by Crippen LogP contribution is -2.35. The van der Waals surface area contributed by atoms with Crippen molar-refractivity contribution in [2.75, 3.05) is 12.4 Å². The molecular weight excluding hydrogens is 420 g/mol. The Hall–Kier alpha value is -2.51. The number of hydrogen-bond donors (Lipinski definition) is 1.